The molecule has 0 bridgehead atoms. The van der Waals surface area contributed by atoms with Crippen LogP contribution in [0.25, 0.3) is 0 Å². The van der Waals surface area contributed by atoms with Crippen molar-refractivity contribution in [3.05, 3.63) is 35.4 Å². The second kappa shape index (κ2) is 7.07. The fourth-order valence-electron chi connectivity index (χ4n) is 1.74. The van der Waals surface area contributed by atoms with Crippen molar-refractivity contribution in [1.29, 1.82) is 0 Å². The van der Waals surface area contributed by atoms with Gasteiger partial charge in [-0.1, -0.05) is 36.8 Å². The third kappa shape index (κ3) is 5.00. The van der Waals surface area contributed by atoms with E-state index in [9.17, 15) is 4.79 Å². The molecule has 0 aliphatic rings. The van der Waals surface area contributed by atoms with E-state index >= 15 is 0 Å². The van der Waals surface area contributed by atoms with Crippen LogP contribution >= 0.6 is 0 Å². The first kappa shape index (κ1) is 13.7. The number of carbonyl (C=O) groups is 1. The van der Waals surface area contributed by atoms with E-state index in [-0.39, 0.29) is 5.91 Å². The predicted octanol–water partition coefficient (Wildman–Crippen LogP) is 1.95. The minimum Gasteiger partial charge on any atom is -0.341 e. The van der Waals surface area contributed by atoms with Crippen LogP contribution < -0.4 is 5.32 Å². The minimum atomic E-state index is 0.187. The average molecular weight is 234 g/mol. The van der Waals surface area contributed by atoms with Gasteiger partial charge in [-0.2, -0.15) is 0 Å². The summed E-state index contributed by atoms with van der Waals surface area (Å²) < 4.78 is 0. The van der Waals surface area contributed by atoms with Crippen molar-refractivity contribution in [3.63, 3.8) is 0 Å². The molecule has 0 spiro atoms. The van der Waals surface area contributed by atoms with E-state index in [2.05, 4.69) is 30.4 Å². The molecular weight excluding hydrogens is 212 g/mol. The molecular formula is C14H22N2O. The van der Waals surface area contributed by atoms with Crippen LogP contribution in [0.15, 0.2) is 24.3 Å². The van der Waals surface area contributed by atoms with Crippen LogP contribution in [0.3, 0.4) is 0 Å². The van der Waals surface area contributed by atoms with E-state index in [1.165, 1.54) is 11.1 Å². The van der Waals surface area contributed by atoms with Crippen LogP contribution in [0, 0.1) is 6.92 Å². The Morgan fingerprint density at radius 1 is 1.41 bits per heavy atom. The van der Waals surface area contributed by atoms with Gasteiger partial charge in [0, 0.05) is 26.6 Å². The number of rotatable bonds is 6. The van der Waals surface area contributed by atoms with Crippen molar-refractivity contribution >= 4 is 5.91 Å². The minimum absolute atomic E-state index is 0.187. The highest BCUT2D eigenvalue weighted by Crippen LogP contribution is 2.07. The molecule has 1 N–H and O–H groups in total. The third-order valence-electron chi connectivity index (χ3n) is 2.69. The molecule has 1 aromatic carbocycles. The van der Waals surface area contributed by atoms with E-state index in [0.29, 0.717) is 13.0 Å². The molecule has 3 heteroatoms. The Balaban J connectivity index is 2.43. The van der Waals surface area contributed by atoms with Crippen LogP contribution in [-0.4, -0.2) is 30.9 Å². The smallest absolute Gasteiger partial charge is 0.223 e. The molecule has 1 amide bonds. The number of carbonyl (C=O) groups excluding carboxylic acids is 1. The quantitative estimate of drug-likeness (QED) is 0.763. The first-order valence-corrected chi connectivity index (χ1v) is 6.13. The van der Waals surface area contributed by atoms with Crippen molar-refractivity contribution < 1.29 is 4.79 Å². The normalized spacial score (nSPS) is 10.3. The summed E-state index contributed by atoms with van der Waals surface area (Å²) in [5.41, 5.74) is 2.42. The number of nitrogens with zero attached hydrogens (tertiary/aromatic N) is 1. The van der Waals surface area contributed by atoms with Gasteiger partial charge in [-0.05, 0) is 19.0 Å². The molecule has 0 unspecified atom stereocenters. The molecule has 0 aliphatic heterocycles. The Kier molecular flexibility index (Phi) is 5.70. The molecule has 0 saturated heterocycles. The molecule has 0 atom stereocenters. The lowest BCUT2D eigenvalue weighted by molar-refractivity contribution is -0.130. The number of aryl methyl sites for hydroxylation is 1. The monoisotopic (exact) mass is 234 g/mol. The van der Waals surface area contributed by atoms with Crippen LogP contribution in [-0.2, 0) is 11.3 Å². The van der Waals surface area contributed by atoms with E-state index in [1.54, 1.807) is 4.90 Å². The van der Waals surface area contributed by atoms with Gasteiger partial charge in [0.05, 0.1) is 0 Å². The van der Waals surface area contributed by atoms with Gasteiger partial charge < -0.3 is 10.2 Å². The highest BCUT2D eigenvalue weighted by atomic mass is 16.2. The standard InChI is InChI=1S/C14H22N2O/c1-4-15-9-8-14(17)16(3)11-13-7-5-6-12(2)10-13/h5-7,10,15H,4,8-9,11H2,1-3H3. The van der Waals surface area contributed by atoms with Gasteiger partial charge in [0.15, 0.2) is 0 Å². The van der Waals surface area contributed by atoms with Crippen molar-refractivity contribution in [1.82, 2.24) is 10.2 Å². The summed E-state index contributed by atoms with van der Waals surface area (Å²) in [7, 11) is 1.86. The van der Waals surface area contributed by atoms with E-state index < -0.39 is 0 Å². The molecule has 0 heterocycles. The Morgan fingerprint density at radius 2 is 2.18 bits per heavy atom. The van der Waals surface area contributed by atoms with Crippen molar-refractivity contribution in [3.8, 4) is 0 Å². The lowest BCUT2D eigenvalue weighted by Gasteiger charge is -2.17. The Bertz CT molecular complexity index is 363. The molecule has 0 fully saturated rings. The number of hydrogen-bond acceptors (Lipinski definition) is 2. The topological polar surface area (TPSA) is 32.3 Å². The maximum atomic E-state index is 11.8. The number of amides is 1. The van der Waals surface area contributed by atoms with Crippen LogP contribution in [0.4, 0.5) is 0 Å². The summed E-state index contributed by atoms with van der Waals surface area (Å²) >= 11 is 0. The van der Waals surface area contributed by atoms with Crippen LogP contribution in [0.1, 0.15) is 24.5 Å². The summed E-state index contributed by atoms with van der Waals surface area (Å²) in [5.74, 6) is 0.187. The van der Waals surface area contributed by atoms with Gasteiger partial charge in [-0.25, -0.2) is 0 Å². The zero-order chi connectivity index (χ0) is 12.7. The first-order chi connectivity index (χ1) is 8.13. The maximum absolute atomic E-state index is 11.8. The van der Waals surface area contributed by atoms with Gasteiger partial charge >= 0.3 is 0 Å². The van der Waals surface area contributed by atoms with Gasteiger partial charge in [-0.15, -0.1) is 0 Å². The third-order valence-corrected chi connectivity index (χ3v) is 2.69. The molecule has 3 nitrogen and oxygen atoms in total. The molecule has 94 valence electrons. The Hall–Kier alpha value is -1.35. The molecule has 0 saturated carbocycles. The van der Waals surface area contributed by atoms with Crippen LogP contribution in [0.2, 0.25) is 0 Å². The van der Waals surface area contributed by atoms with Gasteiger partial charge in [0.25, 0.3) is 0 Å². The summed E-state index contributed by atoms with van der Waals surface area (Å²) in [5, 5.41) is 3.16. The summed E-state index contributed by atoms with van der Waals surface area (Å²) in [6.07, 6.45) is 0.566. The Labute approximate surface area is 104 Å². The van der Waals surface area contributed by atoms with E-state index in [1.807, 2.05) is 20.0 Å². The number of hydrogen-bond donors (Lipinski definition) is 1. The SMILES string of the molecule is CCNCCC(=O)N(C)Cc1cccc(C)c1. The molecule has 0 radical (unpaired) electrons. The average Bonchev–Trinajstić information content (AvgIpc) is 2.29. The fourth-order valence-corrected chi connectivity index (χ4v) is 1.74. The van der Waals surface area contributed by atoms with Crippen molar-refractivity contribution in [2.24, 2.45) is 0 Å². The Morgan fingerprint density at radius 3 is 2.82 bits per heavy atom. The molecule has 1 aromatic rings. The summed E-state index contributed by atoms with van der Waals surface area (Å²) in [6.45, 7) is 6.46. The van der Waals surface area contributed by atoms with Gasteiger partial charge in [-0.3, -0.25) is 4.79 Å². The zero-order valence-electron chi connectivity index (χ0n) is 11.0. The lowest BCUT2D eigenvalue weighted by Crippen LogP contribution is -2.29. The predicted molar refractivity (Wildman–Crippen MR) is 70.8 cm³/mol. The number of benzene rings is 1. The lowest BCUT2D eigenvalue weighted by atomic mass is 10.1. The fraction of sp³-hybridized carbons (Fsp3) is 0.500. The molecule has 0 aliphatic carbocycles. The first-order valence-electron chi connectivity index (χ1n) is 6.13. The highest BCUT2D eigenvalue weighted by Gasteiger charge is 2.08. The van der Waals surface area contributed by atoms with Crippen molar-refractivity contribution in [2.75, 3.05) is 20.1 Å². The van der Waals surface area contributed by atoms with E-state index in [4.69, 9.17) is 0 Å². The van der Waals surface area contributed by atoms with Gasteiger partial charge in [0.1, 0.15) is 0 Å². The van der Waals surface area contributed by atoms with Gasteiger partial charge in [0.2, 0.25) is 5.91 Å². The van der Waals surface area contributed by atoms with Crippen molar-refractivity contribution in [2.45, 2.75) is 26.8 Å². The number of nitrogens with one attached hydrogen (secondary N) is 1. The van der Waals surface area contributed by atoms with E-state index in [0.717, 1.165) is 13.1 Å². The summed E-state index contributed by atoms with van der Waals surface area (Å²) in [4.78, 5) is 13.6. The molecule has 17 heavy (non-hydrogen) atoms. The second-order valence-electron chi connectivity index (χ2n) is 4.34. The summed E-state index contributed by atoms with van der Waals surface area (Å²) in [6, 6.07) is 8.27. The van der Waals surface area contributed by atoms with Crippen LogP contribution in [0.5, 0.6) is 0 Å². The highest BCUT2D eigenvalue weighted by molar-refractivity contribution is 5.76. The zero-order valence-corrected chi connectivity index (χ0v) is 11.0. The molecule has 1 rings (SSSR count). The maximum Gasteiger partial charge on any atom is 0.223 e. The second-order valence-corrected chi connectivity index (χ2v) is 4.34. The molecule has 0 aromatic heterocycles. The largest absolute Gasteiger partial charge is 0.341 e.